The zero-order chi connectivity index (χ0) is 24.6. The highest BCUT2D eigenvalue weighted by Crippen LogP contribution is 2.50. The molecule has 194 valence electrons. The van der Waals surface area contributed by atoms with Crippen LogP contribution in [0.4, 0.5) is 4.79 Å². The van der Waals surface area contributed by atoms with Crippen molar-refractivity contribution in [2.24, 2.45) is 5.41 Å². The van der Waals surface area contributed by atoms with Crippen molar-refractivity contribution >= 4 is 6.09 Å². The molecular weight excluding hydrogens is 444 g/mol. The van der Waals surface area contributed by atoms with Gasteiger partial charge in [-0.1, -0.05) is 0 Å². The van der Waals surface area contributed by atoms with Crippen molar-refractivity contribution in [3.63, 3.8) is 0 Å². The maximum atomic E-state index is 13.3. The summed E-state index contributed by atoms with van der Waals surface area (Å²) < 4.78 is 18.2. The Balaban J connectivity index is 1.36. The number of carbonyl (C=O) groups is 1. The predicted molar refractivity (Wildman–Crippen MR) is 133 cm³/mol. The molecular formula is C27H42N4O4. The second-order valence-electron chi connectivity index (χ2n) is 12.1. The van der Waals surface area contributed by atoms with Crippen LogP contribution < -0.4 is 4.74 Å². The minimum absolute atomic E-state index is 0.121. The molecule has 1 spiro atoms. The van der Waals surface area contributed by atoms with Gasteiger partial charge >= 0.3 is 6.09 Å². The van der Waals surface area contributed by atoms with Crippen LogP contribution >= 0.6 is 0 Å². The number of pyridine rings is 1. The van der Waals surface area contributed by atoms with Gasteiger partial charge in [-0.15, -0.1) is 0 Å². The summed E-state index contributed by atoms with van der Waals surface area (Å²) in [6, 6.07) is 1.88. The number of amides is 1. The van der Waals surface area contributed by atoms with E-state index in [0.717, 1.165) is 68.8 Å². The monoisotopic (exact) mass is 486 g/mol. The van der Waals surface area contributed by atoms with Gasteiger partial charge in [0, 0.05) is 62.9 Å². The molecule has 5 rings (SSSR count). The molecule has 1 saturated carbocycles. The van der Waals surface area contributed by atoms with E-state index in [1.54, 1.807) is 0 Å². The first-order chi connectivity index (χ1) is 16.7. The van der Waals surface area contributed by atoms with Gasteiger partial charge in [-0.2, -0.15) is 0 Å². The standard InChI is InChI=1S/C27H42N4O4/c1-26(2,3)35-25(32)31-13-8-21-24(22(31)9-12-30-11-5-6-14-33-19-30)23(7-10-28-21)34-20-15-27(16-20)17-29(4)18-27/h7,10,20,22H,5-6,8-9,11-19H2,1-4H3. The number of hydrogen-bond acceptors (Lipinski definition) is 7. The van der Waals surface area contributed by atoms with E-state index in [4.69, 9.17) is 19.2 Å². The van der Waals surface area contributed by atoms with Crippen molar-refractivity contribution in [1.29, 1.82) is 0 Å². The zero-order valence-electron chi connectivity index (χ0n) is 21.9. The van der Waals surface area contributed by atoms with Crippen molar-refractivity contribution in [2.75, 3.05) is 53.1 Å². The Hall–Kier alpha value is -1.90. The molecule has 2 saturated heterocycles. The Labute approximate surface area is 209 Å². The summed E-state index contributed by atoms with van der Waals surface area (Å²) in [6.45, 7) is 12.1. The molecule has 4 aliphatic rings. The Morgan fingerprint density at radius 1 is 1.23 bits per heavy atom. The Bertz CT molecular complexity index is 895. The van der Waals surface area contributed by atoms with Crippen LogP contribution in [0.15, 0.2) is 12.3 Å². The summed E-state index contributed by atoms with van der Waals surface area (Å²) in [6.07, 6.45) is 7.84. The first-order valence-electron chi connectivity index (χ1n) is 13.3. The number of nitrogens with zero attached hydrogens (tertiary/aromatic N) is 4. The minimum atomic E-state index is -0.537. The lowest BCUT2D eigenvalue weighted by Crippen LogP contribution is -2.63. The van der Waals surface area contributed by atoms with Gasteiger partial charge in [0.15, 0.2) is 0 Å². The number of carbonyl (C=O) groups excluding carboxylic acids is 1. The zero-order valence-corrected chi connectivity index (χ0v) is 21.9. The van der Waals surface area contributed by atoms with Gasteiger partial charge in [-0.05, 0) is 66.0 Å². The highest BCUT2D eigenvalue weighted by Gasteiger charge is 2.52. The van der Waals surface area contributed by atoms with Crippen molar-refractivity contribution < 1.29 is 19.0 Å². The molecule has 35 heavy (non-hydrogen) atoms. The van der Waals surface area contributed by atoms with E-state index in [2.05, 4.69) is 16.8 Å². The number of fused-ring (bicyclic) bond motifs is 1. The Kier molecular flexibility index (Phi) is 6.98. The Morgan fingerprint density at radius 2 is 2.03 bits per heavy atom. The second-order valence-corrected chi connectivity index (χ2v) is 12.1. The quantitative estimate of drug-likeness (QED) is 0.626. The van der Waals surface area contributed by atoms with E-state index in [9.17, 15) is 4.79 Å². The lowest BCUT2D eigenvalue weighted by Gasteiger charge is -2.57. The van der Waals surface area contributed by atoms with E-state index in [1.807, 2.05) is 37.9 Å². The fraction of sp³-hybridized carbons (Fsp3) is 0.778. The van der Waals surface area contributed by atoms with Crippen molar-refractivity contribution in [3.8, 4) is 5.75 Å². The van der Waals surface area contributed by atoms with E-state index in [-0.39, 0.29) is 18.2 Å². The summed E-state index contributed by atoms with van der Waals surface area (Å²) >= 11 is 0. The van der Waals surface area contributed by atoms with E-state index >= 15 is 0 Å². The topological polar surface area (TPSA) is 67.4 Å². The molecule has 1 aromatic heterocycles. The van der Waals surface area contributed by atoms with Gasteiger partial charge in [-0.3, -0.25) is 9.88 Å². The van der Waals surface area contributed by atoms with Crippen LogP contribution in [0.1, 0.15) is 70.2 Å². The number of ether oxygens (including phenoxy) is 3. The SMILES string of the molecule is CN1CC2(CC(Oc3ccnc4c3C(CCN3CCCCOC3)N(C(=O)OC(C)(C)C)CC4)C2)C1. The molecule has 8 heteroatoms. The molecule has 0 radical (unpaired) electrons. The Morgan fingerprint density at radius 3 is 2.77 bits per heavy atom. The van der Waals surface area contributed by atoms with Crippen molar-refractivity contribution in [1.82, 2.24) is 19.7 Å². The van der Waals surface area contributed by atoms with Crippen LogP contribution in [0.2, 0.25) is 0 Å². The van der Waals surface area contributed by atoms with Gasteiger partial charge in [0.05, 0.1) is 24.6 Å². The van der Waals surface area contributed by atoms with Crippen LogP contribution in [-0.2, 0) is 15.9 Å². The summed E-state index contributed by atoms with van der Waals surface area (Å²) in [5.41, 5.74) is 2.05. The van der Waals surface area contributed by atoms with Crippen LogP contribution in [0.5, 0.6) is 5.75 Å². The average Bonchev–Trinajstić information content (AvgIpc) is 3.02. The normalized spacial score (nSPS) is 25.4. The van der Waals surface area contributed by atoms with E-state index in [1.165, 1.54) is 13.1 Å². The van der Waals surface area contributed by atoms with E-state index in [0.29, 0.717) is 25.1 Å². The van der Waals surface area contributed by atoms with Crippen LogP contribution in [0.3, 0.4) is 0 Å². The fourth-order valence-corrected chi connectivity index (χ4v) is 6.34. The molecule has 1 unspecified atom stereocenters. The maximum Gasteiger partial charge on any atom is 0.410 e. The smallest absolute Gasteiger partial charge is 0.410 e. The van der Waals surface area contributed by atoms with Gasteiger partial charge in [0.2, 0.25) is 0 Å². The summed E-state index contributed by atoms with van der Waals surface area (Å²) in [5.74, 6) is 0.896. The first-order valence-corrected chi connectivity index (χ1v) is 13.3. The summed E-state index contributed by atoms with van der Waals surface area (Å²) in [7, 11) is 2.18. The summed E-state index contributed by atoms with van der Waals surface area (Å²) in [4.78, 5) is 24.7. The van der Waals surface area contributed by atoms with E-state index < -0.39 is 5.60 Å². The third-order valence-electron chi connectivity index (χ3n) is 7.79. The minimum Gasteiger partial charge on any atom is -0.490 e. The molecule has 3 aliphatic heterocycles. The molecule has 0 aromatic carbocycles. The highest BCUT2D eigenvalue weighted by molar-refractivity contribution is 5.70. The largest absolute Gasteiger partial charge is 0.490 e. The number of hydrogen-bond donors (Lipinski definition) is 0. The lowest BCUT2D eigenvalue weighted by atomic mass is 9.62. The lowest BCUT2D eigenvalue weighted by molar-refractivity contribution is -0.109. The van der Waals surface area contributed by atoms with Crippen molar-refractivity contribution in [3.05, 3.63) is 23.5 Å². The molecule has 1 amide bonds. The molecule has 8 nitrogen and oxygen atoms in total. The van der Waals surface area contributed by atoms with Gasteiger partial charge in [0.25, 0.3) is 0 Å². The van der Waals surface area contributed by atoms with Gasteiger partial charge in [0.1, 0.15) is 11.4 Å². The fourth-order valence-electron chi connectivity index (χ4n) is 6.34. The molecule has 1 atom stereocenters. The number of aromatic nitrogens is 1. The number of likely N-dealkylation sites (tertiary alicyclic amines) is 1. The van der Waals surface area contributed by atoms with Gasteiger partial charge < -0.3 is 24.0 Å². The molecule has 0 N–H and O–H groups in total. The second kappa shape index (κ2) is 9.87. The molecule has 3 fully saturated rings. The molecule has 1 aliphatic carbocycles. The molecule has 1 aromatic rings. The first kappa shape index (κ1) is 24.8. The van der Waals surface area contributed by atoms with Crippen LogP contribution in [0.25, 0.3) is 0 Å². The number of rotatable bonds is 5. The molecule has 4 heterocycles. The average molecular weight is 487 g/mol. The van der Waals surface area contributed by atoms with Crippen LogP contribution in [-0.4, -0.2) is 90.6 Å². The van der Waals surface area contributed by atoms with Crippen molar-refractivity contribution in [2.45, 2.75) is 77.0 Å². The molecule has 0 bridgehead atoms. The predicted octanol–water partition coefficient (Wildman–Crippen LogP) is 3.85. The maximum absolute atomic E-state index is 13.3. The summed E-state index contributed by atoms with van der Waals surface area (Å²) in [5, 5.41) is 0. The third kappa shape index (κ3) is 5.59. The van der Waals surface area contributed by atoms with Gasteiger partial charge in [-0.25, -0.2) is 4.79 Å². The highest BCUT2D eigenvalue weighted by atomic mass is 16.6. The van der Waals surface area contributed by atoms with Crippen LogP contribution in [0, 0.1) is 5.41 Å². The third-order valence-corrected chi connectivity index (χ3v) is 7.79.